The molecule has 0 aromatic heterocycles. The number of carbonyl (C=O) groups excluding carboxylic acids is 1. The summed E-state index contributed by atoms with van der Waals surface area (Å²) in [6.07, 6.45) is -3.95. The third-order valence-corrected chi connectivity index (χ3v) is 2.58. The summed E-state index contributed by atoms with van der Waals surface area (Å²) in [7, 11) is 0. The zero-order valence-electron chi connectivity index (χ0n) is 9.29. The fourth-order valence-electron chi connectivity index (χ4n) is 1.46. The average molecular weight is 246 g/mol. The van der Waals surface area contributed by atoms with Crippen molar-refractivity contribution in [1.29, 1.82) is 0 Å². The molecule has 1 atom stereocenters. The van der Waals surface area contributed by atoms with E-state index in [-0.39, 0.29) is 18.0 Å². The second-order valence-electron chi connectivity index (χ2n) is 3.73. The second kappa shape index (κ2) is 5.31. The zero-order valence-corrected chi connectivity index (χ0v) is 9.29. The molecule has 0 amide bonds. The molecule has 1 rings (SSSR count). The molecule has 5 heteroatoms. The van der Waals surface area contributed by atoms with Crippen molar-refractivity contribution >= 4 is 5.78 Å². The van der Waals surface area contributed by atoms with Crippen LogP contribution in [-0.2, 0) is 6.18 Å². The minimum absolute atomic E-state index is 0.193. The molecule has 2 nitrogen and oxygen atoms in total. The molecule has 0 heterocycles. The minimum atomic E-state index is -4.40. The van der Waals surface area contributed by atoms with E-state index in [0.29, 0.717) is 6.42 Å². The first-order chi connectivity index (χ1) is 7.90. The number of alkyl halides is 3. The van der Waals surface area contributed by atoms with Gasteiger partial charge in [0.1, 0.15) is 0 Å². The Morgan fingerprint density at radius 2 is 1.82 bits per heavy atom. The SMILES string of the molecule is CCC(CO)C(=O)c1ccc(C(F)(F)F)cc1. The van der Waals surface area contributed by atoms with E-state index in [4.69, 9.17) is 5.11 Å². The summed E-state index contributed by atoms with van der Waals surface area (Å²) in [6, 6.07) is 4.03. The molecule has 1 N–H and O–H groups in total. The van der Waals surface area contributed by atoms with Crippen LogP contribution in [0.2, 0.25) is 0 Å². The topological polar surface area (TPSA) is 37.3 Å². The van der Waals surface area contributed by atoms with Crippen LogP contribution in [0.15, 0.2) is 24.3 Å². The Bertz CT molecular complexity index is 378. The first kappa shape index (κ1) is 13.7. The fourth-order valence-corrected chi connectivity index (χ4v) is 1.46. The number of rotatable bonds is 4. The van der Waals surface area contributed by atoms with Gasteiger partial charge in [-0.1, -0.05) is 19.1 Å². The Labute approximate surface area is 97.1 Å². The Kier molecular flexibility index (Phi) is 4.28. The lowest BCUT2D eigenvalue weighted by Gasteiger charge is -2.11. The number of aliphatic hydroxyl groups is 1. The molecule has 0 bridgehead atoms. The van der Waals surface area contributed by atoms with Crippen molar-refractivity contribution in [3.63, 3.8) is 0 Å². The molecule has 0 aliphatic heterocycles. The quantitative estimate of drug-likeness (QED) is 0.829. The van der Waals surface area contributed by atoms with Gasteiger partial charge in [-0.15, -0.1) is 0 Å². The van der Waals surface area contributed by atoms with E-state index in [9.17, 15) is 18.0 Å². The van der Waals surface area contributed by atoms with Crippen molar-refractivity contribution in [2.75, 3.05) is 6.61 Å². The lowest BCUT2D eigenvalue weighted by molar-refractivity contribution is -0.137. The lowest BCUT2D eigenvalue weighted by Crippen LogP contribution is -2.18. The minimum Gasteiger partial charge on any atom is -0.396 e. The van der Waals surface area contributed by atoms with Gasteiger partial charge in [-0.3, -0.25) is 4.79 Å². The van der Waals surface area contributed by atoms with Gasteiger partial charge in [0.15, 0.2) is 5.78 Å². The predicted molar refractivity (Wildman–Crippen MR) is 56.6 cm³/mol. The van der Waals surface area contributed by atoms with E-state index < -0.39 is 17.7 Å². The van der Waals surface area contributed by atoms with Crippen LogP contribution in [0.1, 0.15) is 29.3 Å². The Hall–Kier alpha value is -1.36. The van der Waals surface area contributed by atoms with E-state index in [1.165, 1.54) is 0 Å². The number of halogens is 3. The van der Waals surface area contributed by atoms with Gasteiger partial charge in [-0.05, 0) is 18.6 Å². The molecule has 0 fully saturated rings. The maximum absolute atomic E-state index is 12.3. The molecule has 0 radical (unpaired) electrons. The summed E-state index contributed by atoms with van der Waals surface area (Å²) in [5.41, 5.74) is -0.593. The molecule has 0 aliphatic rings. The summed E-state index contributed by atoms with van der Waals surface area (Å²) in [6.45, 7) is 1.44. The van der Waals surface area contributed by atoms with Gasteiger partial charge in [0.25, 0.3) is 0 Å². The summed E-state index contributed by atoms with van der Waals surface area (Å²) in [4.78, 5) is 11.7. The Morgan fingerprint density at radius 3 is 2.18 bits per heavy atom. The Morgan fingerprint density at radius 1 is 1.29 bits per heavy atom. The lowest BCUT2D eigenvalue weighted by atomic mass is 9.95. The van der Waals surface area contributed by atoms with Crippen LogP contribution in [0.25, 0.3) is 0 Å². The predicted octanol–water partition coefficient (Wildman–Crippen LogP) is 2.91. The number of Topliss-reactive ketones (excluding diaryl/α,β-unsaturated/α-hetero) is 1. The van der Waals surface area contributed by atoms with Gasteiger partial charge >= 0.3 is 6.18 Å². The third-order valence-electron chi connectivity index (χ3n) is 2.58. The molecule has 1 aromatic carbocycles. The maximum atomic E-state index is 12.3. The summed E-state index contributed by atoms with van der Waals surface area (Å²) in [5, 5.41) is 8.94. The van der Waals surface area contributed by atoms with E-state index in [0.717, 1.165) is 24.3 Å². The van der Waals surface area contributed by atoms with Gasteiger partial charge < -0.3 is 5.11 Å². The fraction of sp³-hybridized carbons (Fsp3) is 0.417. The summed E-state index contributed by atoms with van der Waals surface area (Å²) in [5.74, 6) is -0.879. The smallest absolute Gasteiger partial charge is 0.396 e. The Balaban J connectivity index is 2.91. The molecule has 17 heavy (non-hydrogen) atoms. The number of hydrogen-bond acceptors (Lipinski definition) is 2. The first-order valence-corrected chi connectivity index (χ1v) is 5.22. The largest absolute Gasteiger partial charge is 0.416 e. The van der Waals surface area contributed by atoms with Crippen molar-refractivity contribution in [2.45, 2.75) is 19.5 Å². The van der Waals surface area contributed by atoms with Crippen molar-refractivity contribution in [3.8, 4) is 0 Å². The zero-order chi connectivity index (χ0) is 13.1. The molecule has 0 aliphatic carbocycles. The van der Waals surface area contributed by atoms with E-state index in [1.54, 1.807) is 6.92 Å². The van der Waals surface area contributed by atoms with Crippen LogP contribution < -0.4 is 0 Å². The van der Waals surface area contributed by atoms with Gasteiger partial charge in [-0.25, -0.2) is 0 Å². The number of ketones is 1. The first-order valence-electron chi connectivity index (χ1n) is 5.22. The van der Waals surface area contributed by atoms with Gasteiger partial charge in [0.05, 0.1) is 12.2 Å². The molecular weight excluding hydrogens is 233 g/mol. The van der Waals surface area contributed by atoms with Crippen LogP contribution in [0.4, 0.5) is 13.2 Å². The number of aliphatic hydroxyl groups excluding tert-OH is 1. The third kappa shape index (κ3) is 3.30. The molecule has 0 saturated heterocycles. The van der Waals surface area contributed by atoms with E-state index in [2.05, 4.69) is 0 Å². The van der Waals surface area contributed by atoms with E-state index in [1.807, 2.05) is 0 Å². The molecule has 94 valence electrons. The molecule has 1 aromatic rings. The highest BCUT2D eigenvalue weighted by molar-refractivity contribution is 5.97. The van der Waals surface area contributed by atoms with Crippen molar-refractivity contribution in [2.24, 2.45) is 5.92 Å². The van der Waals surface area contributed by atoms with Crippen molar-refractivity contribution < 1.29 is 23.1 Å². The van der Waals surface area contributed by atoms with Crippen LogP contribution >= 0.6 is 0 Å². The second-order valence-corrected chi connectivity index (χ2v) is 3.73. The summed E-state index contributed by atoms with van der Waals surface area (Å²) >= 11 is 0. The molecule has 0 saturated carbocycles. The van der Waals surface area contributed by atoms with Crippen LogP contribution in [0.5, 0.6) is 0 Å². The van der Waals surface area contributed by atoms with Crippen LogP contribution in [-0.4, -0.2) is 17.5 Å². The monoisotopic (exact) mass is 246 g/mol. The standard InChI is InChI=1S/C12H13F3O2/c1-2-8(7-16)11(17)9-3-5-10(6-4-9)12(13,14)15/h3-6,8,16H,2,7H2,1H3. The van der Waals surface area contributed by atoms with Gasteiger partial charge in [0.2, 0.25) is 0 Å². The average Bonchev–Trinajstić information content (AvgIpc) is 2.29. The number of carbonyl (C=O) groups is 1. The molecule has 0 spiro atoms. The normalized spacial score (nSPS) is 13.5. The maximum Gasteiger partial charge on any atom is 0.416 e. The van der Waals surface area contributed by atoms with Crippen molar-refractivity contribution in [1.82, 2.24) is 0 Å². The van der Waals surface area contributed by atoms with Crippen LogP contribution in [0, 0.1) is 5.92 Å². The number of hydrogen-bond donors (Lipinski definition) is 1. The highest BCUT2D eigenvalue weighted by Crippen LogP contribution is 2.29. The number of benzene rings is 1. The van der Waals surface area contributed by atoms with E-state index >= 15 is 0 Å². The summed E-state index contributed by atoms with van der Waals surface area (Å²) < 4.78 is 36.9. The van der Waals surface area contributed by atoms with Crippen molar-refractivity contribution in [3.05, 3.63) is 35.4 Å². The highest BCUT2D eigenvalue weighted by atomic mass is 19.4. The van der Waals surface area contributed by atoms with Gasteiger partial charge in [-0.2, -0.15) is 13.2 Å². The van der Waals surface area contributed by atoms with Crippen LogP contribution in [0.3, 0.4) is 0 Å². The highest BCUT2D eigenvalue weighted by Gasteiger charge is 2.30. The van der Waals surface area contributed by atoms with Gasteiger partial charge in [0, 0.05) is 11.5 Å². The molecule has 1 unspecified atom stereocenters. The molecular formula is C12H13F3O2.